The maximum absolute atomic E-state index is 12.9. The number of aliphatic hydroxyl groups is 1. The summed E-state index contributed by atoms with van der Waals surface area (Å²) in [6.07, 6.45) is -0.111. The summed E-state index contributed by atoms with van der Waals surface area (Å²) in [6, 6.07) is 15.7. The minimum atomic E-state index is -1.74. The molecule has 0 amide bonds. The molecule has 0 saturated carbocycles. The average molecular weight is 468 g/mol. The monoisotopic (exact) mass is 467 g/mol. The van der Waals surface area contributed by atoms with Crippen LogP contribution in [0, 0.1) is 0 Å². The van der Waals surface area contributed by atoms with E-state index in [0.717, 1.165) is 23.1 Å². The fourth-order valence-electron chi connectivity index (χ4n) is 4.77. The van der Waals surface area contributed by atoms with Gasteiger partial charge in [-0.25, -0.2) is 4.21 Å². The van der Waals surface area contributed by atoms with Crippen LogP contribution in [0.4, 0.5) is 0 Å². The Labute approximate surface area is 194 Å². The second kappa shape index (κ2) is 8.70. The molecule has 0 bridgehead atoms. The number of methoxy groups -OCH3 is 2. The van der Waals surface area contributed by atoms with Crippen molar-refractivity contribution in [3.8, 4) is 23.0 Å². The Balaban J connectivity index is 1.55. The summed E-state index contributed by atoms with van der Waals surface area (Å²) >= 11 is -1.74. The van der Waals surface area contributed by atoms with E-state index in [1.165, 1.54) is 14.2 Å². The lowest BCUT2D eigenvalue weighted by Crippen LogP contribution is -2.42. The Kier molecular flexibility index (Phi) is 5.74. The predicted octanol–water partition coefficient (Wildman–Crippen LogP) is 3.66. The van der Waals surface area contributed by atoms with Gasteiger partial charge in [0.05, 0.1) is 31.3 Å². The molecule has 8 heteroatoms. The Morgan fingerprint density at radius 3 is 2.48 bits per heavy atom. The van der Waals surface area contributed by atoms with Crippen LogP contribution in [0.2, 0.25) is 0 Å². The first-order valence-electron chi connectivity index (χ1n) is 10.7. The number of phenolic OH excluding ortho intramolecular Hbond substituents is 1. The second-order valence-electron chi connectivity index (χ2n) is 8.13. The number of hydrogen-bond acceptors (Lipinski definition) is 7. The summed E-state index contributed by atoms with van der Waals surface area (Å²) in [5.74, 6) is 1.31. The molecule has 3 aromatic carbocycles. The van der Waals surface area contributed by atoms with Gasteiger partial charge in [-0.1, -0.05) is 24.3 Å². The number of phenols is 1. The van der Waals surface area contributed by atoms with Crippen molar-refractivity contribution in [2.45, 2.75) is 30.0 Å². The molecule has 0 spiro atoms. The first-order chi connectivity index (χ1) is 16.0. The molecule has 3 aromatic rings. The van der Waals surface area contributed by atoms with Crippen LogP contribution in [0.15, 0.2) is 59.5 Å². The van der Waals surface area contributed by atoms with Crippen LogP contribution in [0.5, 0.6) is 23.0 Å². The zero-order chi connectivity index (χ0) is 23.1. The highest BCUT2D eigenvalue weighted by molar-refractivity contribution is 7.80. The number of nitrogens with zero attached hydrogens (tertiary/aromatic N) is 1. The number of rotatable bonds is 5. The molecule has 172 valence electrons. The molecular formula is C25H25NO6S. The highest BCUT2D eigenvalue weighted by Gasteiger charge is 2.41. The fraction of sp³-hybridized carbons (Fsp3) is 0.280. The van der Waals surface area contributed by atoms with Gasteiger partial charge in [0, 0.05) is 18.7 Å². The van der Waals surface area contributed by atoms with Crippen LogP contribution < -0.4 is 13.7 Å². The SMILES string of the molecule is COc1cc2c(cc1O)C1C(O)c3ccc(OC)c(OS(=O)c4ccccc4)c3CN1CC2. The lowest BCUT2D eigenvalue weighted by molar-refractivity contribution is 0.0198. The van der Waals surface area contributed by atoms with Gasteiger partial charge in [0.15, 0.2) is 23.0 Å². The fourth-order valence-corrected chi connectivity index (χ4v) is 5.58. The van der Waals surface area contributed by atoms with Gasteiger partial charge in [0.2, 0.25) is 11.1 Å². The summed E-state index contributed by atoms with van der Waals surface area (Å²) in [5, 5.41) is 21.8. The molecule has 2 N–H and O–H groups in total. The molecule has 33 heavy (non-hydrogen) atoms. The van der Waals surface area contributed by atoms with Gasteiger partial charge in [-0.2, -0.15) is 0 Å². The van der Waals surface area contributed by atoms with Gasteiger partial charge in [-0.05, 0) is 53.4 Å². The van der Waals surface area contributed by atoms with E-state index in [1.807, 2.05) is 18.2 Å². The molecule has 7 nitrogen and oxygen atoms in total. The van der Waals surface area contributed by atoms with Gasteiger partial charge in [-0.3, -0.25) is 4.90 Å². The van der Waals surface area contributed by atoms with E-state index in [4.69, 9.17) is 13.7 Å². The van der Waals surface area contributed by atoms with Gasteiger partial charge in [0.1, 0.15) is 0 Å². The first-order valence-corrected chi connectivity index (χ1v) is 11.8. The van der Waals surface area contributed by atoms with Crippen LogP contribution in [0.3, 0.4) is 0 Å². The normalized spacial score (nSPS) is 20.2. The van der Waals surface area contributed by atoms with E-state index in [9.17, 15) is 14.4 Å². The highest BCUT2D eigenvalue weighted by atomic mass is 32.2. The van der Waals surface area contributed by atoms with Crippen LogP contribution in [-0.4, -0.2) is 40.1 Å². The number of ether oxygens (including phenoxy) is 2. The summed E-state index contributed by atoms with van der Waals surface area (Å²) in [5.41, 5.74) is 3.37. The summed E-state index contributed by atoms with van der Waals surface area (Å²) in [7, 11) is 3.06. The molecule has 5 rings (SSSR count). The zero-order valence-electron chi connectivity index (χ0n) is 18.4. The molecular weight excluding hydrogens is 442 g/mol. The molecule has 3 unspecified atom stereocenters. The van der Waals surface area contributed by atoms with E-state index in [1.54, 1.807) is 36.4 Å². The van der Waals surface area contributed by atoms with E-state index in [-0.39, 0.29) is 11.8 Å². The molecule has 3 atom stereocenters. The topological polar surface area (TPSA) is 88.5 Å². The third kappa shape index (κ3) is 3.74. The van der Waals surface area contributed by atoms with Crippen molar-refractivity contribution < 1.29 is 28.1 Å². The first kappa shape index (κ1) is 21.8. The van der Waals surface area contributed by atoms with Crippen LogP contribution in [0.1, 0.15) is 34.4 Å². The third-order valence-electron chi connectivity index (χ3n) is 6.38. The third-order valence-corrected chi connectivity index (χ3v) is 7.35. The zero-order valence-corrected chi connectivity index (χ0v) is 19.2. The van der Waals surface area contributed by atoms with Crippen molar-refractivity contribution in [2.75, 3.05) is 20.8 Å². The second-order valence-corrected chi connectivity index (χ2v) is 9.24. The van der Waals surface area contributed by atoms with E-state index < -0.39 is 17.2 Å². The summed E-state index contributed by atoms with van der Waals surface area (Å²) < 4.78 is 29.6. The number of fused-ring (bicyclic) bond motifs is 4. The Bertz CT molecular complexity index is 1220. The summed E-state index contributed by atoms with van der Waals surface area (Å²) in [6.45, 7) is 1.20. The summed E-state index contributed by atoms with van der Waals surface area (Å²) in [4.78, 5) is 2.70. The van der Waals surface area contributed by atoms with Crippen molar-refractivity contribution in [2.24, 2.45) is 0 Å². The van der Waals surface area contributed by atoms with Crippen molar-refractivity contribution in [1.82, 2.24) is 4.90 Å². The molecule has 0 radical (unpaired) electrons. The number of benzene rings is 3. The maximum atomic E-state index is 12.9. The molecule has 0 aliphatic carbocycles. The molecule has 2 heterocycles. The molecule has 2 aliphatic rings. The van der Waals surface area contributed by atoms with Crippen molar-refractivity contribution in [3.05, 3.63) is 76.9 Å². The van der Waals surface area contributed by atoms with E-state index in [2.05, 4.69) is 4.90 Å². The number of aromatic hydroxyl groups is 1. The van der Waals surface area contributed by atoms with Crippen molar-refractivity contribution in [3.63, 3.8) is 0 Å². The maximum Gasteiger partial charge on any atom is 0.240 e. The molecule has 2 aliphatic heterocycles. The molecule has 0 aromatic heterocycles. The molecule has 0 fully saturated rings. The minimum absolute atomic E-state index is 0.0492. The van der Waals surface area contributed by atoms with E-state index in [0.29, 0.717) is 40.8 Å². The van der Waals surface area contributed by atoms with Gasteiger partial charge >= 0.3 is 0 Å². The van der Waals surface area contributed by atoms with Crippen LogP contribution >= 0.6 is 0 Å². The number of aliphatic hydroxyl groups excluding tert-OH is 1. The van der Waals surface area contributed by atoms with Crippen molar-refractivity contribution in [1.29, 1.82) is 0 Å². The standard InChI is InChI=1S/C25H25NO6S/c1-30-21-9-8-17-19(25(21)32-33(29)16-6-4-3-5-7-16)14-26-11-10-15-12-22(31-2)20(27)13-18(15)23(26)24(17)28/h3-9,12-13,23-24,27-28H,10-11,14H2,1-2H3. The average Bonchev–Trinajstić information content (AvgIpc) is 2.84. The van der Waals surface area contributed by atoms with Gasteiger partial charge in [0.25, 0.3) is 0 Å². The van der Waals surface area contributed by atoms with Crippen molar-refractivity contribution >= 4 is 11.1 Å². The predicted molar refractivity (Wildman–Crippen MR) is 123 cm³/mol. The van der Waals surface area contributed by atoms with Crippen LogP contribution in [-0.2, 0) is 24.0 Å². The van der Waals surface area contributed by atoms with Gasteiger partial charge in [-0.15, -0.1) is 0 Å². The molecule has 0 saturated heterocycles. The van der Waals surface area contributed by atoms with E-state index >= 15 is 0 Å². The quantitative estimate of drug-likeness (QED) is 0.592. The largest absolute Gasteiger partial charge is 0.504 e. The smallest absolute Gasteiger partial charge is 0.240 e. The van der Waals surface area contributed by atoms with Crippen LogP contribution in [0.25, 0.3) is 0 Å². The number of hydrogen-bond donors (Lipinski definition) is 2. The van der Waals surface area contributed by atoms with Gasteiger partial charge < -0.3 is 23.9 Å². The lowest BCUT2D eigenvalue weighted by atomic mass is 9.81. The Morgan fingerprint density at radius 1 is 1.00 bits per heavy atom. The highest BCUT2D eigenvalue weighted by Crippen LogP contribution is 2.50. The Morgan fingerprint density at radius 2 is 1.76 bits per heavy atom. The minimum Gasteiger partial charge on any atom is -0.504 e. The lowest BCUT2D eigenvalue weighted by Gasteiger charge is -2.44. The Hall–Kier alpha value is -3.07.